The standard InChI is InChI=1S/C21H27N5O3S/c1-3-5-11-17-22-20(25-12-14-26(15-13-25)30(27,28)4-2)18-19(24-29-21(18)23-17)16-9-7-6-8-10-16/h6-10H,3-5,11-15H2,1-2H3. The van der Waals surface area contributed by atoms with Crippen LogP contribution in [0.3, 0.4) is 0 Å². The Morgan fingerprint density at radius 3 is 2.43 bits per heavy atom. The van der Waals surface area contributed by atoms with Gasteiger partial charge in [0.2, 0.25) is 10.0 Å². The second kappa shape index (κ2) is 8.69. The Labute approximate surface area is 176 Å². The molecule has 1 fully saturated rings. The van der Waals surface area contributed by atoms with Gasteiger partial charge in [0.05, 0.1) is 5.75 Å². The van der Waals surface area contributed by atoms with Crippen molar-refractivity contribution in [1.29, 1.82) is 0 Å². The lowest BCUT2D eigenvalue weighted by Gasteiger charge is -2.34. The highest BCUT2D eigenvalue weighted by Gasteiger charge is 2.29. The van der Waals surface area contributed by atoms with Gasteiger partial charge in [0.25, 0.3) is 5.71 Å². The number of unbranched alkanes of at least 4 members (excludes halogenated alkanes) is 1. The zero-order chi connectivity index (χ0) is 21.1. The van der Waals surface area contributed by atoms with Crippen LogP contribution in [-0.4, -0.2) is 59.8 Å². The summed E-state index contributed by atoms with van der Waals surface area (Å²) >= 11 is 0. The maximum atomic E-state index is 12.2. The fourth-order valence-electron chi connectivity index (χ4n) is 3.71. The van der Waals surface area contributed by atoms with Gasteiger partial charge >= 0.3 is 0 Å². The number of hydrogen-bond acceptors (Lipinski definition) is 7. The summed E-state index contributed by atoms with van der Waals surface area (Å²) in [4.78, 5) is 11.6. The molecule has 0 N–H and O–H groups in total. The van der Waals surface area contributed by atoms with E-state index in [2.05, 4.69) is 22.0 Å². The van der Waals surface area contributed by atoms with E-state index in [1.165, 1.54) is 0 Å². The Morgan fingerprint density at radius 2 is 1.77 bits per heavy atom. The summed E-state index contributed by atoms with van der Waals surface area (Å²) < 4.78 is 31.6. The van der Waals surface area contributed by atoms with Gasteiger partial charge in [-0.2, -0.15) is 9.29 Å². The Hall–Kier alpha value is -2.52. The number of fused-ring (bicyclic) bond motifs is 1. The molecule has 30 heavy (non-hydrogen) atoms. The first-order chi connectivity index (χ1) is 14.5. The SMILES string of the molecule is CCCCc1nc(N2CCN(S(=O)(=O)CC)CC2)c2c(-c3ccccc3)noc2n1. The maximum absolute atomic E-state index is 12.2. The van der Waals surface area contributed by atoms with Gasteiger partial charge in [-0.1, -0.05) is 48.8 Å². The summed E-state index contributed by atoms with van der Waals surface area (Å²) in [6.45, 7) is 5.83. The van der Waals surface area contributed by atoms with E-state index in [0.29, 0.717) is 37.6 Å². The average molecular weight is 430 g/mol. The van der Waals surface area contributed by atoms with E-state index in [9.17, 15) is 8.42 Å². The molecule has 0 saturated carbocycles. The predicted octanol–water partition coefficient (Wildman–Crippen LogP) is 3.10. The first-order valence-corrected chi connectivity index (χ1v) is 12.1. The summed E-state index contributed by atoms with van der Waals surface area (Å²) in [6.07, 6.45) is 2.81. The molecule has 9 heteroatoms. The van der Waals surface area contributed by atoms with Crippen LogP contribution in [0.15, 0.2) is 34.9 Å². The highest BCUT2D eigenvalue weighted by atomic mass is 32.2. The Bertz CT molecular complexity index is 1110. The lowest BCUT2D eigenvalue weighted by molar-refractivity contribution is 0.384. The predicted molar refractivity (Wildman–Crippen MR) is 117 cm³/mol. The van der Waals surface area contributed by atoms with E-state index in [-0.39, 0.29) is 5.75 Å². The monoisotopic (exact) mass is 429 g/mol. The number of piperazine rings is 1. The first-order valence-electron chi connectivity index (χ1n) is 10.5. The summed E-state index contributed by atoms with van der Waals surface area (Å²) in [6, 6.07) is 9.84. The van der Waals surface area contributed by atoms with Crippen LogP contribution in [0, 0.1) is 0 Å². The Morgan fingerprint density at radius 1 is 1.03 bits per heavy atom. The largest absolute Gasteiger partial charge is 0.353 e. The van der Waals surface area contributed by atoms with E-state index in [0.717, 1.165) is 41.9 Å². The minimum Gasteiger partial charge on any atom is -0.353 e. The van der Waals surface area contributed by atoms with Crippen molar-refractivity contribution in [3.8, 4) is 11.3 Å². The summed E-state index contributed by atoms with van der Waals surface area (Å²) in [5, 5.41) is 5.08. The smallest absolute Gasteiger partial charge is 0.263 e. The van der Waals surface area contributed by atoms with Crippen molar-refractivity contribution in [2.45, 2.75) is 33.1 Å². The number of rotatable bonds is 7. The molecule has 0 spiro atoms. The Kier molecular flexibility index (Phi) is 6.01. The second-order valence-electron chi connectivity index (χ2n) is 7.43. The van der Waals surface area contributed by atoms with Crippen molar-refractivity contribution >= 4 is 26.9 Å². The van der Waals surface area contributed by atoms with Crippen LogP contribution in [0.25, 0.3) is 22.4 Å². The lowest BCUT2D eigenvalue weighted by atomic mass is 10.1. The number of nitrogens with zero attached hydrogens (tertiary/aromatic N) is 5. The van der Waals surface area contributed by atoms with Crippen LogP contribution in [0.4, 0.5) is 5.82 Å². The molecular weight excluding hydrogens is 402 g/mol. The van der Waals surface area contributed by atoms with E-state index in [4.69, 9.17) is 9.51 Å². The normalized spacial score (nSPS) is 15.7. The average Bonchev–Trinajstić information content (AvgIpc) is 3.22. The summed E-state index contributed by atoms with van der Waals surface area (Å²) in [5.74, 6) is 1.63. The highest BCUT2D eigenvalue weighted by molar-refractivity contribution is 7.89. The minimum atomic E-state index is -3.19. The molecule has 3 heterocycles. The van der Waals surface area contributed by atoms with E-state index in [1.54, 1.807) is 11.2 Å². The topological polar surface area (TPSA) is 92.4 Å². The fraction of sp³-hybridized carbons (Fsp3) is 0.476. The molecule has 1 saturated heterocycles. The van der Waals surface area contributed by atoms with E-state index >= 15 is 0 Å². The number of aromatic nitrogens is 3. The van der Waals surface area contributed by atoms with Crippen LogP contribution in [0.1, 0.15) is 32.5 Å². The molecule has 8 nitrogen and oxygen atoms in total. The molecule has 0 bridgehead atoms. The number of anilines is 1. The molecule has 2 aromatic heterocycles. The number of hydrogen-bond donors (Lipinski definition) is 0. The van der Waals surface area contributed by atoms with E-state index in [1.807, 2.05) is 30.3 Å². The number of aryl methyl sites for hydroxylation is 1. The molecule has 0 amide bonds. The van der Waals surface area contributed by atoms with Crippen molar-refractivity contribution < 1.29 is 12.9 Å². The molecule has 0 aliphatic carbocycles. The van der Waals surface area contributed by atoms with Gasteiger partial charge in [0, 0.05) is 38.2 Å². The quantitative estimate of drug-likeness (QED) is 0.570. The molecule has 1 aromatic carbocycles. The highest BCUT2D eigenvalue weighted by Crippen LogP contribution is 2.34. The molecule has 3 aromatic rings. The van der Waals surface area contributed by atoms with Crippen molar-refractivity contribution in [2.75, 3.05) is 36.8 Å². The van der Waals surface area contributed by atoms with Crippen LogP contribution in [-0.2, 0) is 16.4 Å². The summed E-state index contributed by atoms with van der Waals surface area (Å²) in [5.41, 5.74) is 2.13. The zero-order valence-corrected chi connectivity index (χ0v) is 18.2. The molecule has 1 aliphatic heterocycles. The Balaban J connectivity index is 1.74. The third-order valence-corrected chi connectivity index (χ3v) is 7.34. The van der Waals surface area contributed by atoms with Crippen molar-refractivity contribution in [2.24, 2.45) is 0 Å². The third-order valence-electron chi connectivity index (χ3n) is 5.46. The van der Waals surface area contributed by atoms with Gasteiger partial charge in [-0.05, 0) is 13.3 Å². The molecule has 0 radical (unpaired) electrons. The zero-order valence-electron chi connectivity index (χ0n) is 17.4. The lowest BCUT2D eigenvalue weighted by Crippen LogP contribution is -2.49. The molecule has 0 atom stereocenters. The molecular formula is C21H27N5O3S. The van der Waals surface area contributed by atoms with Gasteiger partial charge in [0.15, 0.2) is 0 Å². The molecule has 160 valence electrons. The first kappa shape index (κ1) is 20.7. The van der Waals surface area contributed by atoms with Gasteiger partial charge in [-0.15, -0.1) is 0 Å². The van der Waals surface area contributed by atoms with Gasteiger partial charge in [0.1, 0.15) is 22.7 Å². The fourth-order valence-corrected chi connectivity index (χ4v) is 4.79. The molecule has 0 unspecified atom stereocenters. The van der Waals surface area contributed by atoms with Crippen molar-refractivity contribution in [3.05, 3.63) is 36.2 Å². The van der Waals surface area contributed by atoms with E-state index < -0.39 is 10.0 Å². The molecule has 4 rings (SSSR count). The number of benzene rings is 1. The van der Waals surface area contributed by atoms with Crippen LogP contribution in [0.2, 0.25) is 0 Å². The van der Waals surface area contributed by atoms with Gasteiger partial charge in [-0.3, -0.25) is 0 Å². The van der Waals surface area contributed by atoms with Gasteiger partial charge in [-0.25, -0.2) is 13.4 Å². The summed E-state index contributed by atoms with van der Waals surface area (Å²) in [7, 11) is -3.19. The van der Waals surface area contributed by atoms with Crippen LogP contribution < -0.4 is 4.90 Å². The molecule has 1 aliphatic rings. The van der Waals surface area contributed by atoms with Gasteiger partial charge < -0.3 is 9.42 Å². The van der Waals surface area contributed by atoms with Crippen LogP contribution in [0.5, 0.6) is 0 Å². The number of sulfonamides is 1. The van der Waals surface area contributed by atoms with Crippen LogP contribution >= 0.6 is 0 Å². The minimum absolute atomic E-state index is 0.121. The van der Waals surface area contributed by atoms with Crippen molar-refractivity contribution in [3.63, 3.8) is 0 Å². The van der Waals surface area contributed by atoms with Crippen molar-refractivity contribution in [1.82, 2.24) is 19.4 Å². The maximum Gasteiger partial charge on any atom is 0.263 e. The third kappa shape index (κ3) is 4.04. The second-order valence-corrected chi connectivity index (χ2v) is 9.69.